The van der Waals surface area contributed by atoms with Gasteiger partial charge in [0.25, 0.3) is 5.91 Å². The first kappa shape index (κ1) is 23.9. The third kappa shape index (κ3) is 8.47. The van der Waals surface area contributed by atoms with Crippen molar-refractivity contribution in [3.63, 3.8) is 0 Å². The maximum atomic E-state index is 12.2. The molecule has 0 unspecified atom stereocenters. The lowest BCUT2D eigenvalue weighted by molar-refractivity contribution is -0.119. The second kappa shape index (κ2) is 12.3. The molecule has 0 aliphatic rings. The van der Waals surface area contributed by atoms with Gasteiger partial charge >= 0.3 is 0 Å². The second-order valence-electron chi connectivity index (χ2n) is 7.31. The van der Waals surface area contributed by atoms with Gasteiger partial charge in [-0.2, -0.15) is 0 Å². The Labute approximate surface area is 182 Å². The van der Waals surface area contributed by atoms with Crippen molar-refractivity contribution < 1.29 is 19.1 Å². The topological polar surface area (TPSA) is 109 Å². The number of carbonyl (C=O) groups is 3. The Hall–Kier alpha value is -3.39. The molecule has 0 saturated carbocycles. The van der Waals surface area contributed by atoms with Crippen LogP contribution in [0.4, 0.5) is 17.1 Å². The summed E-state index contributed by atoms with van der Waals surface area (Å²) in [5.74, 6) is -0.578. The summed E-state index contributed by atoms with van der Waals surface area (Å²) in [5.41, 5.74) is 2.51. The number of carbonyl (C=O) groups excluding carboxylic acids is 3. The molecule has 166 valence electrons. The summed E-state index contributed by atoms with van der Waals surface area (Å²) >= 11 is 0. The molecule has 0 radical (unpaired) electrons. The quantitative estimate of drug-likeness (QED) is 0.413. The Bertz CT molecular complexity index is 881. The van der Waals surface area contributed by atoms with Crippen LogP contribution in [0.1, 0.15) is 30.6 Å². The summed E-state index contributed by atoms with van der Waals surface area (Å²) in [6, 6.07) is 13.9. The van der Waals surface area contributed by atoms with Crippen molar-refractivity contribution >= 4 is 34.8 Å². The maximum Gasteiger partial charge on any atom is 0.251 e. The van der Waals surface area contributed by atoms with Gasteiger partial charge < -0.3 is 26.0 Å². The van der Waals surface area contributed by atoms with E-state index in [-0.39, 0.29) is 30.2 Å². The molecule has 2 rings (SSSR count). The zero-order valence-corrected chi connectivity index (χ0v) is 18.2. The van der Waals surface area contributed by atoms with Crippen LogP contribution in [0.15, 0.2) is 48.5 Å². The van der Waals surface area contributed by atoms with Gasteiger partial charge in [-0.1, -0.05) is 19.9 Å². The first-order valence-electron chi connectivity index (χ1n) is 10.2. The van der Waals surface area contributed by atoms with Crippen LogP contribution in [0.25, 0.3) is 0 Å². The number of nitrogens with one attached hydrogen (secondary N) is 4. The fourth-order valence-electron chi connectivity index (χ4n) is 2.61. The van der Waals surface area contributed by atoms with Gasteiger partial charge in [0.05, 0.1) is 6.54 Å². The lowest BCUT2D eigenvalue weighted by atomic mass is 10.2. The van der Waals surface area contributed by atoms with Crippen LogP contribution in [-0.4, -0.2) is 44.5 Å². The molecule has 31 heavy (non-hydrogen) atoms. The van der Waals surface area contributed by atoms with Gasteiger partial charge in [-0.25, -0.2) is 0 Å². The summed E-state index contributed by atoms with van der Waals surface area (Å²) in [6.07, 6.45) is 0.746. The highest BCUT2D eigenvalue weighted by atomic mass is 16.5. The Morgan fingerprint density at radius 2 is 1.65 bits per heavy atom. The number of ether oxygens (including phenoxy) is 1. The third-order valence-electron chi connectivity index (χ3n) is 4.35. The molecule has 3 amide bonds. The summed E-state index contributed by atoms with van der Waals surface area (Å²) in [6.45, 7) is 4.84. The molecular formula is C23H30N4O4. The van der Waals surface area contributed by atoms with E-state index in [1.54, 1.807) is 49.6 Å². The summed E-state index contributed by atoms with van der Waals surface area (Å²) in [7, 11) is 1.62. The van der Waals surface area contributed by atoms with Crippen molar-refractivity contribution in [1.82, 2.24) is 5.32 Å². The van der Waals surface area contributed by atoms with Gasteiger partial charge in [-0.05, 0) is 48.9 Å². The molecule has 0 saturated heterocycles. The van der Waals surface area contributed by atoms with E-state index in [9.17, 15) is 14.4 Å². The fraction of sp³-hybridized carbons (Fsp3) is 0.348. The minimum Gasteiger partial charge on any atom is -0.385 e. The van der Waals surface area contributed by atoms with Gasteiger partial charge in [0.15, 0.2) is 0 Å². The lowest BCUT2D eigenvalue weighted by Crippen LogP contribution is -2.25. The Morgan fingerprint density at radius 3 is 2.32 bits per heavy atom. The molecule has 0 heterocycles. The molecule has 2 aromatic rings. The first-order chi connectivity index (χ1) is 14.9. The molecule has 8 heteroatoms. The van der Waals surface area contributed by atoms with Crippen molar-refractivity contribution in [3.05, 3.63) is 54.1 Å². The van der Waals surface area contributed by atoms with Gasteiger partial charge in [-0.3, -0.25) is 14.4 Å². The van der Waals surface area contributed by atoms with Crippen molar-refractivity contribution in [2.45, 2.75) is 20.3 Å². The average Bonchev–Trinajstić information content (AvgIpc) is 2.76. The monoisotopic (exact) mass is 426 g/mol. The maximum absolute atomic E-state index is 12.2. The molecule has 0 aliphatic heterocycles. The Balaban J connectivity index is 1.81. The molecule has 4 N–H and O–H groups in total. The second-order valence-corrected chi connectivity index (χ2v) is 7.31. The number of rotatable bonds is 11. The van der Waals surface area contributed by atoms with E-state index in [1.807, 2.05) is 19.9 Å². The highest BCUT2D eigenvalue weighted by Crippen LogP contribution is 2.16. The van der Waals surface area contributed by atoms with Crippen LogP contribution >= 0.6 is 0 Å². The zero-order chi connectivity index (χ0) is 22.6. The average molecular weight is 427 g/mol. The van der Waals surface area contributed by atoms with Crippen molar-refractivity contribution in [2.75, 3.05) is 42.8 Å². The predicted octanol–water partition coefficient (Wildman–Crippen LogP) is 3.10. The number of hydrogen-bond acceptors (Lipinski definition) is 5. The number of methoxy groups -OCH3 is 1. The fourth-order valence-corrected chi connectivity index (χ4v) is 2.61. The molecule has 8 nitrogen and oxygen atoms in total. The van der Waals surface area contributed by atoms with Crippen LogP contribution in [0.2, 0.25) is 0 Å². The predicted molar refractivity (Wildman–Crippen MR) is 122 cm³/mol. The zero-order valence-electron chi connectivity index (χ0n) is 18.2. The standard InChI is InChI=1S/C23H30N4O4/c1-16(2)22(29)27-20-7-4-6-19(14-20)25-15-21(28)26-18-10-8-17(9-11-18)23(30)24-12-5-13-31-3/h4,6-11,14,16,25H,5,12-13,15H2,1-3H3,(H,24,30)(H,26,28)(H,27,29). The number of hydrogen-bond donors (Lipinski definition) is 4. The number of anilines is 3. The highest BCUT2D eigenvalue weighted by molar-refractivity contribution is 5.97. The molecule has 0 spiro atoms. The van der Waals surface area contributed by atoms with Gasteiger partial charge in [0, 0.05) is 48.8 Å². The van der Waals surface area contributed by atoms with Crippen molar-refractivity contribution in [2.24, 2.45) is 5.92 Å². The Morgan fingerprint density at radius 1 is 0.935 bits per heavy atom. The number of amides is 3. The van der Waals surface area contributed by atoms with Gasteiger partial charge in [0.2, 0.25) is 11.8 Å². The summed E-state index contributed by atoms with van der Waals surface area (Å²) < 4.78 is 4.95. The van der Waals surface area contributed by atoms with E-state index in [4.69, 9.17) is 4.74 Å². The normalized spacial score (nSPS) is 10.5. The van der Waals surface area contributed by atoms with Crippen LogP contribution in [0, 0.1) is 5.92 Å². The lowest BCUT2D eigenvalue weighted by Gasteiger charge is -2.11. The molecule has 0 bridgehead atoms. The summed E-state index contributed by atoms with van der Waals surface area (Å²) in [5, 5.41) is 11.4. The molecule has 0 aromatic heterocycles. The molecule has 0 atom stereocenters. The van der Waals surface area contributed by atoms with E-state index in [2.05, 4.69) is 21.3 Å². The van der Waals surface area contributed by atoms with Crippen molar-refractivity contribution in [3.8, 4) is 0 Å². The molecular weight excluding hydrogens is 396 g/mol. The van der Waals surface area contributed by atoms with Crippen LogP contribution in [0.5, 0.6) is 0 Å². The largest absolute Gasteiger partial charge is 0.385 e. The smallest absolute Gasteiger partial charge is 0.251 e. The van der Waals surface area contributed by atoms with E-state index in [0.717, 1.165) is 12.1 Å². The Kier molecular flexibility index (Phi) is 9.51. The van der Waals surface area contributed by atoms with Crippen LogP contribution in [0.3, 0.4) is 0 Å². The van der Waals surface area contributed by atoms with Crippen LogP contribution in [-0.2, 0) is 14.3 Å². The molecule has 0 aliphatic carbocycles. The minimum atomic E-state index is -0.228. The third-order valence-corrected chi connectivity index (χ3v) is 4.35. The number of benzene rings is 2. The highest BCUT2D eigenvalue weighted by Gasteiger charge is 2.09. The van der Waals surface area contributed by atoms with Gasteiger partial charge in [0.1, 0.15) is 0 Å². The summed E-state index contributed by atoms with van der Waals surface area (Å²) in [4.78, 5) is 36.1. The van der Waals surface area contributed by atoms with Crippen LogP contribution < -0.4 is 21.3 Å². The first-order valence-corrected chi connectivity index (χ1v) is 10.2. The SMILES string of the molecule is COCCCNC(=O)c1ccc(NC(=O)CNc2cccc(NC(=O)C(C)C)c2)cc1. The van der Waals surface area contributed by atoms with E-state index >= 15 is 0 Å². The van der Waals surface area contributed by atoms with E-state index in [0.29, 0.717) is 30.1 Å². The van der Waals surface area contributed by atoms with Gasteiger partial charge in [-0.15, -0.1) is 0 Å². The molecule has 2 aromatic carbocycles. The van der Waals surface area contributed by atoms with Crippen molar-refractivity contribution in [1.29, 1.82) is 0 Å². The molecule has 0 fully saturated rings. The van der Waals surface area contributed by atoms with E-state index in [1.165, 1.54) is 0 Å². The minimum absolute atomic E-state index is 0.0588. The van der Waals surface area contributed by atoms with E-state index < -0.39 is 0 Å².